The first kappa shape index (κ1) is 21.2. The number of quaternary nitrogens is 1. The van der Waals surface area contributed by atoms with Crippen LogP contribution in [0.5, 0.6) is 0 Å². The minimum atomic E-state index is -1.36. The molecule has 2 aromatic rings. The molecule has 0 aromatic heterocycles. The summed E-state index contributed by atoms with van der Waals surface area (Å²) < 4.78 is 20.2. The van der Waals surface area contributed by atoms with E-state index in [9.17, 15) is 18.8 Å². The highest BCUT2D eigenvalue weighted by molar-refractivity contribution is 6.08. The SMILES string of the molecule is CCOC(=O)[C@]1(Cc2ccccc2)[NH2+][C@@H](c2ccccc2F)[C@H]2C(=O)N(CC)C(=O)[C@@H]21. The number of benzene rings is 2. The van der Waals surface area contributed by atoms with E-state index in [1.54, 1.807) is 37.4 Å². The van der Waals surface area contributed by atoms with Crippen LogP contribution in [0.15, 0.2) is 54.6 Å². The molecule has 2 saturated heterocycles. The number of hydrogen-bond acceptors (Lipinski definition) is 4. The third-order valence-corrected chi connectivity index (χ3v) is 6.44. The van der Waals surface area contributed by atoms with Gasteiger partial charge in [0.1, 0.15) is 23.7 Å². The van der Waals surface area contributed by atoms with Crippen LogP contribution in [0.1, 0.15) is 31.0 Å². The van der Waals surface area contributed by atoms with Gasteiger partial charge < -0.3 is 10.1 Å². The zero-order chi connectivity index (χ0) is 22.2. The third-order valence-electron chi connectivity index (χ3n) is 6.44. The van der Waals surface area contributed by atoms with Crippen LogP contribution in [-0.4, -0.2) is 41.4 Å². The Balaban J connectivity index is 1.89. The highest BCUT2D eigenvalue weighted by Crippen LogP contribution is 2.46. The molecule has 7 heteroatoms. The van der Waals surface area contributed by atoms with Crippen LogP contribution in [0.2, 0.25) is 0 Å². The summed E-state index contributed by atoms with van der Waals surface area (Å²) in [6.07, 6.45) is 0.204. The number of fused-ring (bicyclic) bond motifs is 1. The molecule has 0 saturated carbocycles. The quantitative estimate of drug-likeness (QED) is 0.563. The van der Waals surface area contributed by atoms with Crippen molar-refractivity contribution in [3.8, 4) is 0 Å². The van der Waals surface area contributed by atoms with E-state index in [-0.39, 0.29) is 25.5 Å². The molecule has 6 nitrogen and oxygen atoms in total. The number of likely N-dealkylation sites (tertiary alicyclic amines) is 1. The largest absolute Gasteiger partial charge is 0.461 e. The van der Waals surface area contributed by atoms with Crippen LogP contribution < -0.4 is 5.32 Å². The van der Waals surface area contributed by atoms with Crippen molar-refractivity contribution in [3.63, 3.8) is 0 Å². The fraction of sp³-hybridized carbons (Fsp3) is 0.375. The number of nitrogens with zero attached hydrogens (tertiary/aromatic N) is 1. The van der Waals surface area contributed by atoms with Gasteiger partial charge >= 0.3 is 5.97 Å². The van der Waals surface area contributed by atoms with E-state index >= 15 is 0 Å². The molecule has 0 unspecified atom stereocenters. The lowest BCUT2D eigenvalue weighted by atomic mass is 9.76. The number of nitrogens with two attached hydrogens (primary N) is 1. The average molecular weight is 425 g/mol. The average Bonchev–Trinajstić information content (AvgIpc) is 3.23. The van der Waals surface area contributed by atoms with Gasteiger partial charge in [0.05, 0.1) is 6.61 Å². The Bertz CT molecular complexity index is 1010. The van der Waals surface area contributed by atoms with Gasteiger partial charge in [-0.1, -0.05) is 48.5 Å². The minimum Gasteiger partial charge on any atom is -0.461 e. The Morgan fingerprint density at radius 1 is 1.06 bits per heavy atom. The van der Waals surface area contributed by atoms with Crippen LogP contribution in [0, 0.1) is 17.7 Å². The normalized spacial score (nSPS) is 27.5. The Labute approximate surface area is 180 Å². The maximum Gasteiger partial charge on any atom is 0.369 e. The van der Waals surface area contributed by atoms with Crippen molar-refractivity contribution < 1.29 is 28.8 Å². The molecule has 4 atom stereocenters. The number of hydrogen-bond donors (Lipinski definition) is 1. The molecule has 0 radical (unpaired) electrons. The van der Waals surface area contributed by atoms with Crippen LogP contribution >= 0.6 is 0 Å². The summed E-state index contributed by atoms with van der Waals surface area (Å²) in [7, 11) is 0. The summed E-state index contributed by atoms with van der Waals surface area (Å²) in [5, 5.41) is 1.70. The van der Waals surface area contributed by atoms with Gasteiger partial charge in [0, 0.05) is 18.5 Å². The van der Waals surface area contributed by atoms with Gasteiger partial charge in [0.2, 0.25) is 17.4 Å². The molecule has 2 aromatic carbocycles. The first-order valence-corrected chi connectivity index (χ1v) is 10.6. The van der Waals surface area contributed by atoms with Crippen LogP contribution in [-0.2, 0) is 25.5 Å². The molecule has 2 amide bonds. The lowest BCUT2D eigenvalue weighted by Crippen LogP contribution is -2.98. The molecule has 2 aliphatic rings. The fourth-order valence-corrected chi connectivity index (χ4v) is 5.16. The third kappa shape index (κ3) is 3.33. The smallest absolute Gasteiger partial charge is 0.369 e. The van der Waals surface area contributed by atoms with Crippen molar-refractivity contribution in [2.45, 2.75) is 31.8 Å². The van der Waals surface area contributed by atoms with E-state index in [1.165, 1.54) is 11.0 Å². The molecule has 31 heavy (non-hydrogen) atoms. The van der Waals surface area contributed by atoms with Crippen molar-refractivity contribution in [1.29, 1.82) is 0 Å². The zero-order valence-corrected chi connectivity index (χ0v) is 17.6. The Morgan fingerprint density at radius 3 is 2.39 bits per heavy atom. The standard InChI is InChI=1S/C24H25FN2O4/c1-3-27-21(28)18-19(22(27)29)24(23(30)31-4-2,14-15-10-6-5-7-11-15)26-20(18)16-12-8-9-13-17(16)25/h5-13,18-20,26H,3-4,14H2,1-2H3/p+1/t18-,19+,20-,24+/m0/s1. The van der Waals surface area contributed by atoms with Gasteiger partial charge in [-0.2, -0.15) is 0 Å². The minimum absolute atomic E-state index is 0.143. The fourth-order valence-electron chi connectivity index (χ4n) is 5.16. The van der Waals surface area contributed by atoms with Crippen molar-refractivity contribution >= 4 is 17.8 Å². The molecule has 2 heterocycles. The highest BCUT2D eigenvalue weighted by atomic mass is 19.1. The Morgan fingerprint density at radius 2 is 1.74 bits per heavy atom. The molecule has 2 aliphatic heterocycles. The number of carbonyl (C=O) groups is 3. The summed E-state index contributed by atoms with van der Waals surface area (Å²) in [5.74, 6) is -3.53. The van der Waals surface area contributed by atoms with Gasteiger partial charge in [-0.25, -0.2) is 9.18 Å². The maximum atomic E-state index is 14.8. The topological polar surface area (TPSA) is 80.3 Å². The first-order valence-electron chi connectivity index (χ1n) is 10.6. The van der Waals surface area contributed by atoms with E-state index < -0.39 is 41.1 Å². The summed E-state index contributed by atoms with van der Waals surface area (Å²) >= 11 is 0. The van der Waals surface area contributed by atoms with E-state index in [1.807, 2.05) is 30.3 Å². The molecule has 2 N–H and O–H groups in total. The van der Waals surface area contributed by atoms with Crippen molar-refractivity contribution in [2.24, 2.45) is 11.8 Å². The molecular formula is C24H26FN2O4+. The lowest BCUT2D eigenvalue weighted by molar-refractivity contribution is -0.734. The van der Waals surface area contributed by atoms with E-state index in [4.69, 9.17) is 4.74 Å². The number of rotatable bonds is 6. The van der Waals surface area contributed by atoms with E-state index in [2.05, 4.69) is 0 Å². The molecule has 0 bridgehead atoms. The highest BCUT2D eigenvalue weighted by Gasteiger charge is 2.72. The molecule has 4 rings (SSSR count). The molecule has 162 valence electrons. The Hall–Kier alpha value is -3.06. The zero-order valence-electron chi connectivity index (χ0n) is 17.6. The van der Waals surface area contributed by atoms with Gasteiger partial charge in [-0.15, -0.1) is 0 Å². The van der Waals surface area contributed by atoms with Crippen molar-refractivity contribution in [3.05, 3.63) is 71.5 Å². The molecule has 2 fully saturated rings. The number of ether oxygens (including phenoxy) is 1. The van der Waals surface area contributed by atoms with E-state index in [0.717, 1.165) is 5.56 Å². The van der Waals surface area contributed by atoms with Crippen molar-refractivity contribution in [1.82, 2.24) is 4.90 Å². The summed E-state index contributed by atoms with van der Waals surface area (Å²) in [5.41, 5.74) is -0.197. The van der Waals surface area contributed by atoms with Gasteiger partial charge in [-0.05, 0) is 25.5 Å². The summed E-state index contributed by atoms with van der Waals surface area (Å²) in [4.78, 5) is 41.2. The molecular weight excluding hydrogens is 399 g/mol. The van der Waals surface area contributed by atoms with Crippen LogP contribution in [0.4, 0.5) is 4.39 Å². The van der Waals surface area contributed by atoms with Gasteiger partial charge in [0.15, 0.2) is 0 Å². The number of esters is 1. The number of carbonyl (C=O) groups excluding carboxylic acids is 3. The second-order valence-corrected chi connectivity index (χ2v) is 8.06. The molecule has 0 aliphatic carbocycles. The first-order chi connectivity index (χ1) is 14.9. The number of halogens is 1. The van der Waals surface area contributed by atoms with E-state index in [0.29, 0.717) is 5.56 Å². The predicted molar refractivity (Wildman–Crippen MR) is 110 cm³/mol. The van der Waals surface area contributed by atoms with Gasteiger partial charge in [0.25, 0.3) is 0 Å². The number of amides is 2. The Kier molecular flexibility index (Phi) is 5.62. The van der Waals surface area contributed by atoms with Gasteiger partial charge in [-0.3, -0.25) is 14.5 Å². The van der Waals surface area contributed by atoms with Crippen LogP contribution in [0.25, 0.3) is 0 Å². The van der Waals surface area contributed by atoms with Crippen LogP contribution in [0.3, 0.4) is 0 Å². The maximum absolute atomic E-state index is 14.8. The van der Waals surface area contributed by atoms with Crippen molar-refractivity contribution in [2.75, 3.05) is 13.2 Å². The monoisotopic (exact) mass is 425 g/mol. The molecule has 0 spiro atoms. The second-order valence-electron chi connectivity index (χ2n) is 8.06. The summed E-state index contributed by atoms with van der Waals surface area (Å²) in [6, 6.07) is 14.8. The summed E-state index contributed by atoms with van der Waals surface area (Å²) in [6.45, 7) is 3.78. The number of imide groups is 1. The lowest BCUT2D eigenvalue weighted by Gasteiger charge is -2.29. The predicted octanol–water partition coefficient (Wildman–Crippen LogP) is 1.61. The second kappa shape index (κ2) is 8.23.